The van der Waals surface area contributed by atoms with Crippen LogP contribution < -0.4 is 15.5 Å². The molecule has 3 aromatic rings. The minimum absolute atomic E-state index is 0. The summed E-state index contributed by atoms with van der Waals surface area (Å²) in [4.78, 5) is 25.6. The van der Waals surface area contributed by atoms with Crippen LogP contribution in [0.4, 0.5) is 17.3 Å². The van der Waals surface area contributed by atoms with Crippen LogP contribution in [0, 0.1) is 11.3 Å². The molecule has 1 aromatic heterocycles. The van der Waals surface area contributed by atoms with Crippen molar-refractivity contribution in [2.45, 2.75) is 13.8 Å². The van der Waals surface area contributed by atoms with E-state index in [-0.39, 0.29) is 15.3 Å². The van der Waals surface area contributed by atoms with Gasteiger partial charge in [-0.05, 0) is 49.5 Å². The van der Waals surface area contributed by atoms with E-state index >= 15 is 0 Å². The summed E-state index contributed by atoms with van der Waals surface area (Å²) in [6.07, 6.45) is 1.71. The Labute approximate surface area is 204 Å². The molecule has 0 radical (unpaired) electrons. The lowest BCUT2D eigenvalue weighted by atomic mass is 10.1. The van der Waals surface area contributed by atoms with Gasteiger partial charge in [0, 0.05) is 57.7 Å². The third kappa shape index (κ3) is 6.53. The number of amides is 1. The number of likely N-dealkylation sites (N-methyl/N-ethyl adjacent to an activating group) is 1. The Morgan fingerprint density at radius 3 is 2.35 bits per heavy atom. The van der Waals surface area contributed by atoms with Gasteiger partial charge in [-0.1, -0.05) is 26.0 Å². The topological polar surface area (TPSA) is 97.2 Å². The summed E-state index contributed by atoms with van der Waals surface area (Å²) in [5, 5.41) is 14.4. The molecule has 34 heavy (non-hydrogen) atoms. The Morgan fingerprint density at radius 2 is 1.71 bits per heavy atom. The molecule has 1 saturated heterocycles. The fourth-order valence-corrected chi connectivity index (χ4v) is 3.54. The van der Waals surface area contributed by atoms with Crippen LogP contribution in [0.1, 0.15) is 27.1 Å². The van der Waals surface area contributed by atoms with Gasteiger partial charge in [0.25, 0.3) is 5.91 Å². The van der Waals surface area contributed by atoms with Crippen molar-refractivity contribution in [3.8, 4) is 17.3 Å². The van der Waals surface area contributed by atoms with Crippen LogP contribution in [0.2, 0.25) is 0 Å². The fourth-order valence-electron chi connectivity index (χ4n) is 3.54. The predicted octanol–water partition coefficient (Wildman–Crippen LogP) is 4.41. The average molecular weight is 462 g/mol. The van der Waals surface area contributed by atoms with Crippen LogP contribution in [0.15, 0.2) is 60.8 Å². The number of aromatic nitrogens is 2. The molecule has 8 heteroatoms. The zero-order chi connectivity index (χ0) is 24.3. The maximum Gasteiger partial charge on any atom is 0.252 e. The molecule has 0 unspecified atom stereocenters. The summed E-state index contributed by atoms with van der Waals surface area (Å²) in [5.41, 5.74) is 4.26. The van der Waals surface area contributed by atoms with E-state index in [0.717, 1.165) is 43.1 Å². The molecule has 180 valence electrons. The Bertz CT molecular complexity index is 1110. The van der Waals surface area contributed by atoms with Crippen molar-refractivity contribution in [1.82, 2.24) is 20.2 Å². The third-order valence-electron chi connectivity index (χ3n) is 5.42. The van der Waals surface area contributed by atoms with Gasteiger partial charge in [-0.15, -0.1) is 0 Å². The molecule has 1 aliphatic rings. The molecular weight excluding hydrogens is 426 g/mol. The monoisotopic (exact) mass is 461 g/mol. The fraction of sp³-hybridized carbons (Fsp3) is 0.308. The lowest BCUT2D eigenvalue weighted by molar-refractivity contribution is 0.0958. The Balaban J connectivity index is 0.00000158. The van der Waals surface area contributed by atoms with Crippen LogP contribution in [-0.2, 0) is 0 Å². The van der Waals surface area contributed by atoms with Crippen molar-refractivity contribution >= 4 is 23.2 Å². The number of piperazine rings is 1. The minimum Gasteiger partial charge on any atom is -0.369 e. The number of nitrogens with one attached hydrogen (secondary N) is 2. The number of anilines is 3. The SMILES string of the molecule is CC.CN1CCN(c2ccc(Nc3nccc(-c4ccc(C(=O)NCC#N)cc4)n3)cc2)CC1.[HH].[HH]. The number of carbonyl (C=O) groups is 1. The number of hydrogen-bond donors (Lipinski definition) is 2. The quantitative estimate of drug-likeness (QED) is 0.525. The highest BCUT2D eigenvalue weighted by molar-refractivity contribution is 5.94. The van der Waals surface area contributed by atoms with Crippen molar-refractivity contribution in [3.05, 3.63) is 66.4 Å². The summed E-state index contributed by atoms with van der Waals surface area (Å²) in [6.45, 7) is 8.20. The highest BCUT2D eigenvalue weighted by atomic mass is 16.1. The number of nitriles is 1. The van der Waals surface area contributed by atoms with Gasteiger partial charge in [0.1, 0.15) is 6.54 Å². The molecule has 4 rings (SSSR count). The van der Waals surface area contributed by atoms with Crippen LogP contribution >= 0.6 is 0 Å². The minimum atomic E-state index is -0.275. The van der Waals surface area contributed by atoms with E-state index in [1.807, 2.05) is 50.2 Å². The molecule has 2 heterocycles. The Morgan fingerprint density at radius 1 is 1.03 bits per heavy atom. The third-order valence-corrected chi connectivity index (χ3v) is 5.42. The van der Waals surface area contributed by atoms with Crippen molar-refractivity contribution in [2.75, 3.05) is 50.0 Å². The van der Waals surface area contributed by atoms with Crippen molar-refractivity contribution in [3.63, 3.8) is 0 Å². The summed E-state index contributed by atoms with van der Waals surface area (Å²) in [6, 6.07) is 19.1. The molecular formula is C26H35N7O. The molecule has 0 aliphatic carbocycles. The van der Waals surface area contributed by atoms with E-state index in [1.54, 1.807) is 18.3 Å². The second kappa shape index (κ2) is 12.3. The first kappa shape index (κ1) is 24.7. The first-order chi connectivity index (χ1) is 16.6. The van der Waals surface area contributed by atoms with Gasteiger partial charge in [-0.2, -0.15) is 5.26 Å². The Kier molecular flexibility index (Phi) is 8.95. The average Bonchev–Trinajstić information content (AvgIpc) is 2.90. The van der Waals surface area contributed by atoms with E-state index in [4.69, 9.17) is 5.26 Å². The maximum atomic E-state index is 11.9. The molecule has 2 aromatic carbocycles. The standard InChI is InChI=1S/C24H25N7O.C2H6.2H2/c1-30-14-16-31(17-15-30)21-8-6-20(7-9-21)28-24-27-12-10-22(29-24)18-2-4-19(5-3-18)23(32)26-13-11-25;1-2;;/h2-10,12H,13-17H2,1H3,(H,26,32)(H,27,28,29);1-2H3;2*1H. The van der Waals surface area contributed by atoms with Crippen LogP contribution in [0.3, 0.4) is 0 Å². The smallest absolute Gasteiger partial charge is 0.252 e. The van der Waals surface area contributed by atoms with E-state index in [0.29, 0.717) is 11.5 Å². The van der Waals surface area contributed by atoms with Gasteiger partial charge in [0.05, 0.1) is 11.8 Å². The first-order valence-corrected chi connectivity index (χ1v) is 11.5. The van der Waals surface area contributed by atoms with Crippen molar-refractivity contribution in [1.29, 1.82) is 5.26 Å². The molecule has 0 saturated carbocycles. The van der Waals surface area contributed by atoms with Crippen molar-refractivity contribution in [2.24, 2.45) is 0 Å². The van der Waals surface area contributed by atoms with E-state index in [2.05, 4.69) is 49.6 Å². The van der Waals surface area contributed by atoms with Gasteiger partial charge in [-0.3, -0.25) is 4.79 Å². The van der Waals surface area contributed by atoms with Crippen molar-refractivity contribution < 1.29 is 7.65 Å². The number of hydrogen-bond acceptors (Lipinski definition) is 7. The van der Waals surface area contributed by atoms with Crippen LogP contribution in [0.5, 0.6) is 0 Å². The van der Waals surface area contributed by atoms with Gasteiger partial charge >= 0.3 is 0 Å². The molecule has 0 spiro atoms. The number of nitrogens with zero attached hydrogens (tertiary/aromatic N) is 5. The van der Waals surface area contributed by atoms with Crippen LogP contribution in [-0.4, -0.2) is 60.5 Å². The second-order valence-electron chi connectivity index (χ2n) is 7.65. The molecule has 1 aliphatic heterocycles. The summed E-state index contributed by atoms with van der Waals surface area (Å²) in [7, 11) is 2.15. The zero-order valence-corrected chi connectivity index (χ0v) is 20.0. The maximum absolute atomic E-state index is 11.9. The zero-order valence-electron chi connectivity index (χ0n) is 20.0. The molecule has 0 bridgehead atoms. The molecule has 1 fully saturated rings. The second-order valence-corrected chi connectivity index (χ2v) is 7.65. The van der Waals surface area contributed by atoms with Gasteiger partial charge in [-0.25, -0.2) is 9.97 Å². The van der Waals surface area contributed by atoms with Gasteiger partial charge < -0.3 is 20.4 Å². The van der Waals surface area contributed by atoms with E-state index in [1.165, 1.54) is 5.69 Å². The van der Waals surface area contributed by atoms with E-state index in [9.17, 15) is 4.79 Å². The van der Waals surface area contributed by atoms with E-state index < -0.39 is 0 Å². The molecule has 8 nitrogen and oxygen atoms in total. The molecule has 2 N–H and O–H groups in total. The van der Waals surface area contributed by atoms with Gasteiger partial charge in [0.2, 0.25) is 5.95 Å². The highest BCUT2D eigenvalue weighted by Gasteiger charge is 2.14. The largest absolute Gasteiger partial charge is 0.369 e. The lowest BCUT2D eigenvalue weighted by Crippen LogP contribution is -2.44. The summed E-state index contributed by atoms with van der Waals surface area (Å²) >= 11 is 0. The first-order valence-electron chi connectivity index (χ1n) is 11.5. The molecule has 1 amide bonds. The number of carbonyl (C=O) groups excluding carboxylic acids is 1. The molecule has 0 atom stereocenters. The number of benzene rings is 2. The van der Waals surface area contributed by atoms with Crippen LogP contribution in [0.25, 0.3) is 11.3 Å². The van der Waals surface area contributed by atoms with Gasteiger partial charge in [0.15, 0.2) is 0 Å². The Hall–Kier alpha value is -3.96. The highest BCUT2D eigenvalue weighted by Crippen LogP contribution is 2.23. The lowest BCUT2D eigenvalue weighted by Gasteiger charge is -2.34. The summed E-state index contributed by atoms with van der Waals surface area (Å²) < 4.78 is 0. The normalized spacial score (nSPS) is 13.3. The number of rotatable bonds is 6. The summed E-state index contributed by atoms with van der Waals surface area (Å²) in [5.74, 6) is 0.230. The predicted molar refractivity (Wildman–Crippen MR) is 140 cm³/mol.